The molecule has 0 bridgehead atoms. The van der Waals surface area contributed by atoms with Crippen molar-refractivity contribution in [3.8, 4) is 0 Å². The summed E-state index contributed by atoms with van der Waals surface area (Å²) in [4.78, 5) is 5.17. The van der Waals surface area contributed by atoms with Gasteiger partial charge in [0.05, 0.1) is 26.3 Å². The van der Waals surface area contributed by atoms with E-state index in [-0.39, 0.29) is 0 Å². The molecule has 0 N–H and O–H groups in total. The van der Waals surface area contributed by atoms with E-state index in [2.05, 4.69) is 27.7 Å². The molecule has 0 aromatic heterocycles. The quantitative estimate of drug-likeness (QED) is 0.276. The molecule has 122 valence electrons. The summed E-state index contributed by atoms with van der Waals surface area (Å²) < 4.78 is 11.0. The Bertz CT molecular complexity index is 207. The summed E-state index contributed by atoms with van der Waals surface area (Å²) in [5, 5.41) is 2.53. The predicted molar refractivity (Wildman–Crippen MR) is 90.3 cm³/mol. The first-order valence-corrected chi connectivity index (χ1v) is 9.43. The van der Waals surface area contributed by atoms with Crippen LogP contribution in [-0.2, 0) is 14.3 Å². The smallest absolute Gasteiger partial charge is 0.122 e. The summed E-state index contributed by atoms with van der Waals surface area (Å²) >= 11 is 3.87. The van der Waals surface area contributed by atoms with Crippen molar-refractivity contribution >= 4 is 23.5 Å². The molecule has 0 heterocycles. The Morgan fingerprint density at radius 3 is 2.30 bits per heavy atom. The minimum absolute atomic E-state index is 0.320. The Hall–Kier alpha value is 0.540. The Labute approximate surface area is 133 Å². The van der Waals surface area contributed by atoms with Crippen LogP contribution in [-0.4, -0.2) is 60.9 Å². The largest absolute Gasteiger partial charge is 0.368 e. The van der Waals surface area contributed by atoms with Crippen molar-refractivity contribution in [1.29, 1.82) is 0 Å². The number of ether oxygens (including phenoxy) is 2. The first kappa shape index (κ1) is 20.5. The lowest BCUT2D eigenvalue weighted by molar-refractivity contribution is -0.207. The summed E-state index contributed by atoms with van der Waals surface area (Å²) in [5.74, 6) is 3.18. The predicted octanol–water partition coefficient (Wildman–Crippen LogP) is 3.47. The van der Waals surface area contributed by atoms with E-state index in [0.29, 0.717) is 26.0 Å². The van der Waals surface area contributed by atoms with Crippen LogP contribution >= 0.6 is 23.5 Å². The fraction of sp³-hybridized carbons (Fsp3) is 1.00. The minimum atomic E-state index is 0.320. The van der Waals surface area contributed by atoms with Crippen molar-refractivity contribution in [1.82, 2.24) is 5.06 Å². The summed E-state index contributed by atoms with van der Waals surface area (Å²) in [7, 11) is 1.66. The number of thioether (sulfide) groups is 2. The molecular weight excluding hydrogens is 294 g/mol. The third-order valence-corrected chi connectivity index (χ3v) is 4.55. The summed E-state index contributed by atoms with van der Waals surface area (Å²) in [5.41, 5.74) is 0. The highest BCUT2D eigenvalue weighted by Gasteiger charge is 2.07. The number of nitrogens with zero attached hydrogens (tertiary/aromatic N) is 1. The van der Waals surface area contributed by atoms with Crippen LogP contribution in [0.3, 0.4) is 0 Å². The molecule has 20 heavy (non-hydrogen) atoms. The standard InChI is InChI=1S/C14H31NO3S2/c1-13(2)15(16-5)11-17-7-8-18-12-19-9-6-10-20-14(3)4/h13-14H,6-12H2,1-5H3. The van der Waals surface area contributed by atoms with Crippen LogP contribution in [0, 0.1) is 0 Å². The third kappa shape index (κ3) is 13.5. The van der Waals surface area contributed by atoms with E-state index < -0.39 is 0 Å². The van der Waals surface area contributed by atoms with Crippen LogP contribution in [0.4, 0.5) is 0 Å². The van der Waals surface area contributed by atoms with Gasteiger partial charge in [-0.3, -0.25) is 4.84 Å². The highest BCUT2D eigenvalue weighted by atomic mass is 32.2. The van der Waals surface area contributed by atoms with Gasteiger partial charge < -0.3 is 9.47 Å². The number of rotatable bonds is 14. The molecule has 0 radical (unpaired) electrons. The van der Waals surface area contributed by atoms with Crippen molar-refractivity contribution in [3.05, 3.63) is 0 Å². The summed E-state index contributed by atoms with van der Waals surface area (Å²) in [6.07, 6.45) is 1.25. The maximum atomic E-state index is 5.51. The Morgan fingerprint density at radius 2 is 1.70 bits per heavy atom. The van der Waals surface area contributed by atoms with E-state index in [0.717, 1.165) is 11.2 Å². The van der Waals surface area contributed by atoms with Gasteiger partial charge in [-0.05, 0) is 37.0 Å². The van der Waals surface area contributed by atoms with Gasteiger partial charge in [-0.1, -0.05) is 13.8 Å². The molecule has 4 nitrogen and oxygen atoms in total. The Balaban J connectivity index is 3.17. The van der Waals surface area contributed by atoms with Crippen LogP contribution in [0.2, 0.25) is 0 Å². The first-order valence-electron chi connectivity index (χ1n) is 7.23. The molecule has 0 saturated carbocycles. The molecule has 0 aliphatic carbocycles. The number of hydrogen-bond donors (Lipinski definition) is 0. The van der Waals surface area contributed by atoms with E-state index in [1.54, 1.807) is 12.2 Å². The molecule has 0 aliphatic rings. The Morgan fingerprint density at radius 1 is 1.00 bits per heavy atom. The van der Waals surface area contributed by atoms with Gasteiger partial charge in [0, 0.05) is 6.04 Å². The van der Waals surface area contributed by atoms with Crippen molar-refractivity contribution in [2.75, 3.05) is 44.5 Å². The van der Waals surface area contributed by atoms with E-state index in [1.165, 1.54) is 17.9 Å². The molecule has 0 aromatic rings. The topological polar surface area (TPSA) is 30.9 Å². The van der Waals surface area contributed by atoms with E-state index in [9.17, 15) is 0 Å². The second-order valence-corrected chi connectivity index (χ2v) is 7.67. The molecule has 0 atom stereocenters. The first-order chi connectivity index (χ1) is 9.57. The van der Waals surface area contributed by atoms with Gasteiger partial charge in [0.25, 0.3) is 0 Å². The zero-order valence-corrected chi connectivity index (χ0v) is 15.2. The molecular formula is C14H31NO3S2. The monoisotopic (exact) mass is 325 g/mol. The highest BCUT2D eigenvalue weighted by Crippen LogP contribution is 2.12. The van der Waals surface area contributed by atoms with Crippen molar-refractivity contribution in [2.45, 2.75) is 45.4 Å². The van der Waals surface area contributed by atoms with E-state index >= 15 is 0 Å². The molecule has 0 spiro atoms. The average molecular weight is 326 g/mol. The van der Waals surface area contributed by atoms with Crippen LogP contribution in [0.5, 0.6) is 0 Å². The summed E-state index contributed by atoms with van der Waals surface area (Å²) in [6.45, 7) is 10.3. The van der Waals surface area contributed by atoms with E-state index in [1.807, 2.05) is 23.5 Å². The van der Waals surface area contributed by atoms with Crippen molar-refractivity contribution in [2.24, 2.45) is 0 Å². The molecule has 0 unspecified atom stereocenters. The van der Waals surface area contributed by atoms with Gasteiger partial charge in [0.1, 0.15) is 6.73 Å². The third-order valence-electron chi connectivity index (χ3n) is 2.45. The van der Waals surface area contributed by atoms with Crippen LogP contribution in [0.1, 0.15) is 34.1 Å². The summed E-state index contributed by atoms with van der Waals surface area (Å²) in [6, 6.07) is 0.320. The molecule has 0 amide bonds. The zero-order valence-electron chi connectivity index (χ0n) is 13.6. The average Bonchev–Trinajstić information content (AvgIpc) is 2.39. The molecule has 0 aromatic carbocycles. The van der Waals surface area contributed by atoms with Gasteiger partial charge >= 0.3 is 0 Å². The lowest BCUT2D eigenvalue weighted by Gasteiger charge is -2.22. The van der Waals surface area contributed by atoms with Gasteiger partial charge in [-0.15, -0.1) is 11.8 Å². The maximum Gasteiger partial charge on any atom is 0.122 e. The van der Waals surface area contributed by atoms with Gasteiger partial charge in [0.15, 0.2) is 0 Å². The highest BCUT2D eigenvalue weighted by molar-refractivity contribution is 8.00. The lowest BCUT2D eigenvalue weighted by atomic mass is 10.4. The molecule has 0 saturated heterocycles. The molecule has 6 heteroatoms. The lowest BCUT2D eigenvalue weighted by Crippen LogP contribution is -2.32. The van der Waals surface area contributed by atoms with E-state index in [4.69, 9.17) is 14.3 Å². The normalized spacial score (nSPS) is 12.0. The van der Waals surface area contributed by atoms with Gasteiger partial charge in [-0.25, -0.2) is 0 Å². The molecule has 0 rings (SSSR count). The molecule has 0 fully saturated rings. The fourth-order valence-corrected chi connectivity index (χ4v) is 3.01. The SMILES string of the molecule is CON(COCCOCSCCCSC(C)C)C(C)C. The Kier molecular flexibility index (Phi) is 14.9. The fourth-order valence-electron chi connectivity index (χ4n) is 1.34. The van der Waals surface area contributed by atoms with Crippen LogP contribution < -0.4 is 0 Å². The maximum absolute atomic E-state index is 5.51. The molecule has 0 aliphatic heterocycles. The van der Waals surface area contributed by atoms with Crippen LogP contribution in [0.25, 0.3) is 0 Å². The second-order valence-electron chi connectivity index (χ2n) is 4.94. The number of hydrogen-bond acceptors (Lipinski definition) is 6. The van der Waals surface area contributed by atoms with Gasteiger partial charge in [-0.2, -0.15) is 16.8 Å². The second kappa shape index (κ2) is 14.5. The van der Waals surface area contributed by atoms with Gasteiger partial charge in [0.2, 0.25) is 0 Å². The minimum Gasteiger partial charge on any atom is -0.368 e. The van der Waals surface area contributed by atoms with Crippen molar-refractivity contribution in [3.63, 3.8) is 0 Å². The zero-order chi connectivity index (χ0) is 15.2. The number of hydroxylamine groups is 2. The van der Waals surface area contributed by atoms with Crippen molar-refractivity contribution < 1.29 is 14.3 Å². The van der Waals surface area contributed by atoms with Crippen LogP contribution in [0.15, 0.2) is 0 Å².